The molecule has 0 spiro atoms. The predicted octanol–water partition coefficient (Wildman–Crippen LogP) is 4.26. The zero-order chi connectivity index (χ0) is 24.7. The Labute approximate surface area is 201 Å². The van der Waals surface area contributed by atoms with E-state index in [0.717, 1.165) is 15.4 Å². The van der Waals surface area contributed by atoms with Crippen LogP contribution in [-0.4, -0.2) is 46.5 Å². The Morgan fingerprint density at radius 2 is 1.53 bits per heavy atom. The maximum Gasteiger partial charge on any atom is 0.264 e. The molecule has 3 rings (SSSR count). The number of rotatable bonds is 10. The minimum atomic E-state index is -4.04. The molecular formula is C26H30N2O5S. The van der Waals surface area contributed by atoms with E-state index in [0.29, 0.717) is 23.8 Å². The van der Waals surface area contributed by atoms with Gasteiger partial charge in [0.25, 0.3) is 10.0 Å². The Hall–Kier alpha value is -3.52. The van der Waals surface area contributed by atoms with Crippen LogP contribution in [0.1, 0.15) is 18.1 Å². The second-order valence-electron chi connectivity index (χ2n) is 7.79. The van der Waals surface area contributed by atoms with Gasteiger partial charge in [-0.2, -0.15) is 0 Å². The van der Waals surface area contributed by atoms with Crippen molar-refractivity contribution in [1.29, 1.82) is 0 Å². The van der Waals surface area contributed by atoms with Gasteiger partial charge in [-0.25, -0.2) is 8.42 Å². The third-order valence-corrected chi connectivity index (χ3v) is 7.12. The first-order valence-corrected chi connectivity index (χ1v) is 12.4. The molecule has 0 aliphatic rings. The van der Waals surface area contributed by atoms with Gasteiger partial charge >= 0.3 is 0 Å². The summed E-state index contributed by atoms with van der Waals surface area (Å²) in [4.78, 5) is 14.9. The average Bonchev–Trinajstić information content (AvgIpc) is 2.83. The molecule has 0 unspecified atom stereocenters. The SMILES string of the molecule is CCOc1ccccc1N(CC(=O)N(C)Cc1ccccc1OC)S(=O)(=O)c1ccc(C)cc1. The van der Waals surface area contributed by atoms with Gasteiger partial charge in [0.15, 0.2) is 0 Å². The van der Waals surface area contributed by atoms with Crippen LogP contribution in [0.2, 0.25) is 0 Å². The van der Waals surface area contributed by atoms with Crippen molar-refractivity contribution in [3.63, 3.8) is 0 Å². The third-order valence-electron chi connectivity index (χ3n) is 5.35. The number of amides is 1. The molecule has 1 amide bonds. The molecule has 7 nitrogen and oxygen atoms in total. The minimum absolute atomic E-state index is 0.101. The molecule has 0 aliphatic carbocycles. The van der Waals surface area contributed by atoms with E-state index in [1.54, 1.807) is 62.7 Å². The number of carbonyl (C=O) groups is 1. The standard InChI is InChI=1S/C26H30N2O5S/c1-5-33-25-13-9-7-11-23(25)28(34(30,31)22-16-14-20(2)15-17-22)19-26(29)27(3)18-21-10-6-8-12-24(21)32-4/h6-17H,5,18-19H2,1-4H3. The fourth-order valence-corrected chi connectivity index (χ4v) is 4.92. The number of ether oxygens (including phenoxy) is 2. The van der Waals surface area contributed by atoms with Crippen molar-refractivity contribution in [3.05, 3.63) is 83.9 Å². The number of hydrogen-bond donors (Lipinski definition) is 0. The number of sulfonamides is 1. The normalized spacial score (nSPS) is 11.1. The van der Waals surface area contributed by atoms with Gasteiger partial charge in [-0.1, -0.05) is 48.0 Å². The molecule has 0 atom stereocenters. The molecule has 0 fully saturated rings. The molecule has 0 N–H and O–H groups in total. The topological polar surface area (TPSA) is 76.2 Å². The lowest BCUT2D eigenvalue weighted by atomic mass is 10.2. The first-order chi connectivity index (χ1) is 16.3. The lowest BCUT2D eigenvalue weighted by Gasteiger charge is -2.28. The van der Waals surface area contributed by atoms with E-state index in [9.17, 15) is 13.2 Å². The number of methoxy groups -OCH3 is 1. The van der Waals surface area contributed by atoms with E-state index in [1.807, 2.05) is 38.1 Å². The maximum atomic E-state index is 13.7. The van der Waals surface area contributed by atoms with E-state index < -0.39 is 10.0 Å². The maximum absolute atomic E-state index is 13.7. The average molecular weight is 483 g/mol. The van der Waals surface area contributed by atoms with Crippen LogP contribution in [-0.2, 0) is 21.4 Å². The van der Waals surface area contributed by atoms with E-state index in [-0.39, 0.29) is 23.9 Å². The number of aryl methyl sites for hydroxylation is 1. The summed E-state index contributed by atoms with van der Waals surface area (Å²) in [5, 5.41) is 0. The van der Waals surface area contributed by atoms with Crippen LogP contribution in [0.5, 0.6) is 11.5 Å². The number of benzene rings is 3. The van der Waals surface area contributed by atoms with E-state index >= 15 is 0 Å². The van der Waals surface area contributed by atoms with Crippen LogP contribution in [0.4, 0.5) is 5.69 Å². The highest BCUT2D eigenvalue weighted by atomic mass is 32.2. The summed E-state index contributed by atoms with van der Waals surface area (Å²) in [5.74, 6) is 0.682. The summed E-state index contributed by atoms with van der Waals surface area (Å²) >= 11 is 0. The van der Waals surface area contributed by atoms with Gasteiger partial charge < -0.3 is 14.4 Å². The van der Waals surface area contributed by atoms with Crippen molar-refractivity contribution in [2.45, 2.75) is 25.3 Å². The highest BCUT2D eigenvalue weighted by Gasteiger charge is 2.30. The van der Waals surface area contributed by atoms with Crippen LogP contribution in [0.25, 0.3) is 0 Å². The fraction of sp³-hybridized carbons (Fsp3) is 0.269. The summed E-state index contributed by atoms with van der Waals surface area (Å²) in [6.07, 6.45) is 0. The van der Waals surface area contributed by atoms with Crippen molar-refractivity contribution < 1.29 is 22.7 Å². The number of hydrogen-bond acceptors (Lipinski definition) is 5. The monoisotopic (exact) mass is 482 g/mol. The number of likely N-dealkylation sites (N-methyl/N-ethyl adjacent to an activating group) is 1. The lowest BCUT2D eigenvalue weighted by Crippen LogP contribution is -2.41. The predicted molar refractivity (Wildman–Crippen MR) is 133 cm³/mol. The van der Waals surface area contributed by atoms with Crippen LogP contribution in [0, 0.1) is 6.92 Å². The molecule has 3 aromatic rings. The Morgan fingerprint density at radius 1 is 0.912 bits per heavy atom. The highest BCUT2D eigenvalue weighted by molar-refractivity contribution is 7.92. The van der Waals surface area contributed by atoms with Crippen LogP contribution >= 0.6 is 0 Å². The number of nitrogens with zero attached hydrogens (tertiary/aromatic N) is 2. The van der Waals surface area contributed by atoms with Crippen molar-refractivity contribution in [2.75, 3.05) is 31.6 Å². The van der Waals surface area contributed by atoms with Gasteiger partial charge in [0.05, 0.1) is 24.3 Å². The second-order valence-corrected chi connectivity index (χ2v) is 9.65. The molecule has 0 saturated heterocycles. The van der Waals surface area contributed by atoms with Gasteiger partial charge in [0.2, 0.25) is 5.91 Å². The number of para-hydroxylation sites is 3. The van der Waals surface area contributed by atoms with E-state index in [1.165, 1.54) is 4.90 Å². The third kappa shape index (κ3) is 5.69. The lowest BCUT2D eigenvalue weighted by molar-refractivity contribution is -0.128. The Bertz CT molecular complexity index is 1230. The fourth-order valence-electron chi connectivity index (χ4n) is 3.50. The van der Waals surface area contributed by atoms with Crippen LogP contribution in [0.3, 0.4) is 0 Å². The van der Waals surface area contributed by atoms with Crippen LogP contribution < -0.4 is 13.8 Å². The van der Waals surface area contributed by atoms with Gasteiger partial charge in [0, 0.05) is 19.2 Å². The van der Waals surface area contributed by atoms with Crippen molar-refractivity contribution in [2.24, 2.45) is 0 Å². The van der Waals surface area contributed by atoms with Gasteiger partial charge in [0.1, 0.15) is 18.0 Å². The van der Waals surface area contributed by atoms with E-state index in [2.05, 4.69) is 0 Å². The molecule has 0 aliphatic heterocycles. The highest BCUT2D eigenvalue weighted by Crippen LogP contribution is 2.33. The summed E-state index contributed by atoms with van der Waals surface area (Å²) in [5.41, 5.74) is 2.07. The Kier molecular flexibility index (Phi) is 8.17. The van der Waals surface area contributed by atoms with Crippen molar-refractivity contribution in [1.82, 2.24) is 4.90 Å². The quantitative estimate of drug-likeness (QED) is 0.432. The van der Waals surface area contributed by atoms with E-state index in [4.69, 9.17) is 9.47 Å². The molecule has 180 valence electrons. The molecule has 8 heteroatoms. The Balaban J connectivity index is 1.97. The first-order valence-electron chi connectivity index (χ1n) is 10.9. The molecule has 0 saturated carbocycles. The number of anilines is 1. The van der Waals surface area contributed by atoms with Gasteiger partial charge in [-0.05, 0) is 44.2 Å². The van der Waals surface area contributed by atoms with Crippen molar-refractivity contribution >= 4 is 21.6 Å². The molecule has 0 aromatic heterocycles. The summed E-state index contributed by atoms with van der Waals surface area (Å²) in [7, 11) is -0.835. The smallest absolute Gasteiger partial charge is 0.264 e. The molecule has 0 bridgehead atoms. The summed E-state index contributed by atoms with van der Waals surface area (Å²) in [6, 6.07) is 20.8. The summed E-state index contributed by atoms with van der Waals surface area (Å²) < 4.78 is 39.6. The zero-order valence-corrected chi connectivity index (χ0v) is 20.7. The molecule has 0 radical (unpaired) electrons. The minimum Gasteiger partial charge on any atom is -0.496 e. The van der Waals surface area contributed by atoms with Gasteiger partial charge in [-0.15, -0.1) is 0 Å². The van der Waals surface area contributed by atoms with Crippen LogP contribution in [0.15, 0.2) is 77.7 Å². The molecule has 3 aromatic carbocycles. The second kappa shape index (κ2) is 11.1. The first kappa shape index (κ1) is 25.1. The molecular weight excluding hydrogens is 452 g/mol. The Morgan fingerprint density at radius 3 is 2.18 bits per heavy atom. The zero-order valence-electron chi connectivity index (χ0n) is 19.9. The molecule has 34 heavy (non-hydrogen) atoms. The van der Waals surface area contributed by atoms with Crippen molar-refractivity contribution in [3.8, 4) is 11.5 Å². The summed E-state index contributed by atoms with van der Waals surface area (Å²) in [6.45, 7) is 3.95. The largest absolute Gasteiger partial charge is 0.496 e. The number of carbonyl (C=O) groups excluding carboxylic acids is 1. The molecule has 0 heterocycles. The van der Waals surface area contributed by atoms with Gasteiger partial charge in [-0.3, -0.25) is 9.10 Å².